The van der Waals surface area contributed by atoms with E-state index in [1.54, 1.807) is 14.2 Å². The SMILES string of the molecule is CNC(=O)c1c(N)nsc1NCc1cccc(OC)c1. The average molecular weight is 292 g/mol. The third-order valence-electron chi connectivity index (χ3n) is 2.76. The molecule has 1 amide bonds. The second-order valence-electron chi connectivity index (χ2n) is 4.06. The van der Waals surface area contributed by atoms with Gasteiger partial charge in [-0.2, -0.15) is 4.37 Å². The van der Waals surface area contributed by atoms with Crippen molar-refractivity contribution in [2.45, 2.75) is 6.54 Å². The van der Waals surface area contributed by atoms with Crippen molar-refractivity contribution in [1.29, 1.82) is 0 Å². The molecular formula is C13H16N4O2S. The molecule has 106 valence electrons. The first kappa shape index (κ1) is 14.1. The third kappa shape index (κ3) is 3.00. The number of benzene rings is 1. The lowest BCUT2D eigenvalue weighted by Crippen LogP contribution is -2.20. The summed E-state index contributed by atoms with van der Waals surface area (Å²) in [5, 5.41) is 6.39. The van der Waals surface area contributed by atoms with Gasteiger partial charge in [0.15, 0.2) is 5.82 Å². The molecule has 0 aliphatic rings. The standard InChI is InChI=1S/C13H16N4O2S/c1-15-12(18)10-11(14)17-20-13(10)16-7-8-4-3-5-9(6-8)19-2/h3-6,16H,7H2,1-2H3,(H2,14,17)(H,15,18). The average Bonchev–Trinajstić information content (AvgIpc) is 2.85. The monoisotopic (exact) mass is 292 g/mol. The third-order valence-corrected chi connectivity index (χ3v) is 3.58. The summed E-state index contributed by atoms with van der Waals surface area (Å²) in [7, 11) is 3.19. The van der Waals surface area contributed by atoms with Crippen LogP contribution in [0.15, 0.2) is 24.3 Å². The molecule has 0 atom stereocenters. The maximum Gasteiger partial charge on any atom is 0.257 e. The van der Waals surface area contributed by atoms with Crippen molar-refractivity contribution >= 4 is 28.3 Å². The summed E-state index contributed by atoms with van der Waals surface area (Å²) in [6, 6.07) is 7.69. The molecule has 0 fully saturated rings. The molecule has 0 bridgehead atoms. The Morgan fingerprint density at radius 2 is 2.30 bits per heavy atom. The molecule has 1 aromatic heterocycles. The zero-order chi connectivity index (χ0) is 14.5. The molecule has 0 radical (unpaired) electrons. The van der Waals surface area contributed by atoms with Gasteiger partial charge >= 0.3 is 0 Å². The topological polar surface area (TPSA) is 89.3 Å². The van der Waals surface area contributed by atoms with E-state index >= 15 is 0 Å². The van der Waals surface area contributed by atoms with Gasteiger partial charge in [0.25, 0.3) is 5.91 Å². The second-order valence-corrected chi connectivity index (χ2v) is 4.83. The van der Waals surface area contributed by atoms with Crippen molar-refractivity contribution in [2.24, 2.45) is 0 Å². The van der Waals surface area contributed by atoms with Gasteiger partial charge in [-0.15, -0.1) is 0 Å². The van der Waals surface area contributed by atoms with Gasteiger partial charge in [-0.25, -0.2) is 0 Å². The van der Waals surface area contributed by atoms with Crippen LogP contribution in [0.3, 0.4) is 0 Å². The summed E-state index contributed by atoms with van der Waals surface area (Å²) in [5.41, 5.74) is 7.14. The van der Waals surface area contributed by atoms with Gasteiger partial charge in [-0.1, -0.05) is 12.1 Å². The van der Waals surface area contributed by atoms with Crippen LogP contribution in [0.1, 0.15) is 15.9 Å². The largest absolute Gasteiger partial charge is 0.497 e. The van der Waals surface area contributed by atoms with Crippen molar-refractivity contribution in [3.8, 4) is 5.75 Å². The smallest absolute Gasteiger partial charge is 0.257 e. The summed E-state index contributed by atoms with van der Waals surface area (Å²) in [6.45, 7) is 0.558. The second kappa shape index (κ2) is 6.25. The predicted octanol–water partition coefficient (Wildman–Crippen LogP) is 1.71. The Morgan fingerprint density at radius 1 is 1.50 bits per heavy atom. The van der Waals surface area contributed by atoms with Crippen molar-refractivity contribution in [3.05, 3.63) is 35.4 Å². The minimum atomic E-state index is -0.246. The highest BCUT2D eigenvalue weighted by Crippen LogP contribution is 2.27. The molecule has 0 unspecified atom stereocenters. The zero-order valence-electron chi connectivity index (χ0n) is 11.3. The van der Waals surface area contributed by atoms with Crippen molar-refractivity contribution in [1.82, 2.24) is 9.69 Å². The van der Waals surface area contributed by atoms with E-state index in [1.165, 1.54) is 11.5 Å². The Balaban J connectivity index is 2.13. The fourth-order valence-corrected chi connectivity index (χ4v) is 2.44. The highest BCUT2D eigenvalue weighted by atomic mass is 32.1. The van der Waals surface area contributed by atoms with Gasteiger partial charge in [0, 0.05) is 13.6 Å². The number of nitrogens with zero attached hydrogens (tertiary/aromatic N) is 1. The molecular weight excluding hydrogens is 276 g/mol. The quantitative estimate of drug-likeness (QED) is 0.780. The van der Waals surface area contributed by atoms with Crippen molar-refractivity contribution in [3.63, 3.8) is 0 Å². The van der Waals surface area contributed by atoms with E-state index in [0.29, 0.717) is 17.1 Å². The fourth-order valence-electron chi connectivity index (χ4n) is 1.73. The van der Waals surface area contributed by atoms with E-state index in [0.717, 1.165) is 11.3 Å². The van der Waals surface area contributed by atoms with Crippen LogP contribution in [0.4, 0.5) is 10.8 Å². The van der Waals surface area contributed by atoms with Crippen LogP contribution in [0.25, 0.3) is 0 Å². The van der Waals surface area contributed by atoms with E-state index in [2.05, 4.69) is 15.0 Å². The summed E-state index contributed by atoms with van der Waals surface area (Å²) in [6.07, 6.45) is 0. The lowest BCUT2D eigenvalue weighted by Gasteiger charge is -2.07. The normalized spacial score (nSPS) is 10.1. The van der Waals surface area contributed by atoms with E-state index < -0.39 is 0 Å². The summed E-state index contributed by atoms with van der Waals surface area (Å²) in [4.78, 5) is 11.7. The molecule has 0 saturated heterocycles. The number of rotatable bonds is 5. The van der Waals surface area contributed by atoms with Crippen LogP contribution in [-0.4, -0.2) is 24.4 Å². The number of nitrogen functional groups attached to an aromatic ring is 1. The number of carbonyl (C=O) groups is 1. The van der Waals surface area contributed by atoms with E-state index in [4.69, 9.17) is 10.5 Å². The van der Waals surface area contributed by atoms with Crippen molar-refractivity contribution < 1.29 is 9.53 Å². The van der Waals surface area contributed by atoms with Gasteiger partial charge in [-0.3, -0.25) is 4.79 Å². The predicted molar refractivity (Wildman–Crippen MR) is 80.2 cm³/mol. The molecule has 0 aliphatic carbocycles. The number of ether oxygens (including phenoxy) is 1. The molecule has 6 nitrogen and oxygen atoms in total. The molecule has 0 saturated carbocycles. The number of nitrogens with two attached hydrogens (primary N) is 1. The Labute approximate surface area is 121 Å². The van der Waals surface area contributed by atoms with E-state index in [-0.39, 0.29) is 11.7 Å². The minimum absolute atomic E-state index is 0.238. The van der Waals surface area contributed by atoms with Gasteiger partial charge in [0.2, 0.25) is 0 Å². The van der Waals surface area contributed by atoms with Gasteiger partial charge in [-0.05, 0) is 29.2 Å². The van der Waals surface area contributed by atoms with Gasteiger partial charge in [0.1, 0.15) is 16.3 Å². The summed E-state index contributed by atoms with van der Waals surface area (Å²) >= 11 is 1.17. The highest BCUT2D eigenvalue weighted by molar-refractivity contribution is 7.11. The number of hydrogen-bond donors (Lipinski definition) is 3. The van der Waals surface area contributed by atoms with Crippen LogP contribution in [0.5, 0.6) is 5.75 Å². The molecule has 1 heterocycles. The first-order valence-electron chi connectivity index (χ1n) is 5.99. The molecule has 20 heavy (non-hydrogen) atoms. The summed E-state index contributed by atoms with van der Waals surface area (Å²) < 4.78 is 9.17. The Bertz CT molecular complexity index is 612. The Kier molecular flexibility index (Phi) is 4.41. The molecule has 1 aromatic carbocycles. The van der Waals surface area contributed by atoms with Crippen molar-refractivity contribution in [2.75, 3.05) is 25.2 Å². The Morgan fingerprint density at radius 3 is 3.00 bits per heavy atom. The lowest BCUT2D eigenvalue weighted by atomic mass is 10.2. The molecule has 7 heteroatoms. The van der Waals surface area contributed by atoms with Gasteiger partial charge in [0.05, 0.1) is 7.11 Å². The number of amides is 1. The van der Waals surface area contributed by atoms with E-state index in [9.17, 15) is 4.79 Å². The van der Waals surface area contributed by atoms with Crippen LogP contribution >= 0.6 is 11.5 Å². The molecule has 2 rings (SSSR count). The maximum atomic E-state index is 11.7. The Hall–Kier alpha value is -2.28. The molecule has 4 N–H and O–H groups in total. The van der Waals surface area contributed by atoms with Crippen LogP contribution in [0.2, 0.25) is 0 Å². The lowest BCUT2D eigenvalue weighted by molar-refractivity contribution is 0.0965. The van der Waals surface area contributed by atoms with Crippen LogP contribution in [-0.2, 0) is 6.54 Å². The first-order chi connectivity index (χ1) is 9.65. The van der Waals surface area contributed by atoms with Crippen LogP contribution < -0.4 is 21.1 Å². The maximum absolute atomic E-state index is 11.7. The molecule has 0 spiro atoms. The highest BCUT2D eigenvalue weighted by Gasteiger charge is 2.17. The van der Waals surface area contributed by atoms with Crippen LogP contribution in [0, 0.1) is 0 Å². The molecule has 0 aliphatic heterocycles. The zero-order valence-corrected chi connectivity index (χ0v) is 12.1. The number of methoxy groups -OCH3 is 1. The fraction of sp³-hybridized carbons (Fsp3) is 0.231. The summed E-state index contributed by atoms with van der Waals surface area (Å²) in [5.74, 6) is 0.784. The first-order valence-corrected chi connectivity index (χ1v) is 6.77. The van der Waals surface area contributed by atoms with Gasteiger partial charge < -0.3 is 21.1 Å². The minimum Gasteiger partial charge on any atom is -0.497 e. The number of aromatic nitrogens is 1. The van der Waals surface area contributed by atoms with E-state index in [1.807, 2.05) is 24.3 Å². The number of carbonyl (C=O) groups excluding carboxylic acids is 1. The number of anilines is 2. The molecule has 2 aromatic rings. The number of nitrogens with one attached hydrogen (secondary N) is 2. The number of hydrogen-bond acceptors (Lipinski definition) is 6.